The first-order valence-electron chi connectivity index (χ1n) is 9.43. The second-order valence-corrected chi connectivity index (χ2v) is 8.18. The summed E-state index contributed by atoms with van der Waals surface area (Å²) in [5, 5.41) is 3.25. The van der Waals surface area contributed by atoms with Gasteiger partial charge in [0.2, 0.25) is 11.8 Å². The molecule has 1 atom stereocenters. The largest absolute Gasteiger partial charge is 0.339 e. The van der Waals surface area contributed by atoms with Gasteiger partial charge in [-0.3, -0.25) is 19.8 Å². The number of amides is 2. The van der Waals surface area contributed by atoms with Crippen LogP contribution in [0.15, 0.2) is 24.3 Å². The van der Waals surface area contributed by atoms with Crippen LogP contribution in [0.5, 0.6) is 0 Å². The summed E-state index contributed by atoms with van der Waals surface area (Å²) in [5.74, 6) is 2.12. The van der Waals surface area contributed by atoms with Crippen LogP contribution in [0.3, 0.4) is 0 Å². The van der Waals surface area contributed by atoms with Crippen molar-refractivity contribution in [2.24, 2.45) is 0 Å². The lowest BCUT2D eigenvalue weighted by atomic mass is 10.0. The minimum atomic E-state index is -0.0296. The highest BCUT2D eigenvalue weighted by Gasteiger charge is 2.31. The van der Waals surface area contributed by atoms with E-state index in [4.69, 9.17) is 0 Å². The Labute approximate surface area is 158 Å². The van der Waals surface area contributed by atoms with Crippen LogP contribution < -0.4 is 10.2 Å². The number of carbonyl (C=O) groups is 2. The van der Waals surface area contributed by atoms with E-state index in [2.05, 4.69) is 22.3 Å². The second kappa shape index (κ2) is 7.98. The lowest BCUT2D eigenvalue weighted by molar-refractivity contribution is -0.134. The molecule has 26 heavy (non-hydrogen) atoms. The molecule has 2 saturated heterocycles. The first kappa shape index (κ1) is 17.8. The Morgan fingerprint density at radius 1 is 1.12 bits per heavy atom. The molecule has 3 heterocycles. The van der Waals surface area contributed by atoms with Gasteiger partial charge in [0.1, 0.15) is 0 Å². The maximum atomic E-state index is 12.8. The first-order chi connectivity index (χ1) is 12.7. The number of piperazine rings is 1. The van der Waals surface area contributed by atoms with Crippen molar-refractivity contribution in [2.75, 3.05) is 55.8 Å². The summed E-state index contributed by atoms with van der Waals surface area (Å²) in [7, 11) is 0. The average molecular weight is 375 g/mol. The molecule has 140 valence electrons. The van der Waals surface area contributed by atoms with Gasteiger partial charge in [-0.15, -0.1) is 11.8 Å². The van der Waals surface area contributed by atoms with Crippen molar-refractivity contribution in [1.29, 1.82) is 0 Å². The van der Waals surface area contributed by atoms with E-state index < -0.39 is 0 Å². The number of nitrogens with one attached hydrogen (secondary N) is 1. The summed E-state index contributed by atoms with van der Waals surface area (Å²) >= 11 is 1.77. The van der Waals surface area contributed by atoms with Crippen LogP contribution in [0.2, 0.25) is 0 Å². The van der Waals surface area contributed by atoms with E-state index in [1.165, 1.54) is 5.56 Å². The number of para-hydroxylation sites is 1. The molecule has 6 nitrogen and oxygen atoms in total. The molecule has 3 aliphatic heterocycles. The molecule has 0 saturated carbocycles. The molecule has 2 fully saturated rings. The molecule has 1 N–H and O–H groups in total. The summed E-state index contributed by atoms with van der Waals surface area (Å²) in [6.45, 7) is 4.21. The van der Waals surface area contributed by atoms with Crippen molar-refractivity contribution in [3.05, 3.63) is 29.8 Å². The van der Waals surface area contributed by atoms with Gasteiger partial charge in [0.05, 0.1) is 12.6 Å². The third kappa shape index (κ3) is 3.75. The zero-order valence-electron chi connectivity index (χ0n) is 15.0. The van der Waals surface area contributed by atoms with E-state index in [1.54, 1.807) is 11.8 Å². The molecule has 1 aromatic carbocycles. The van der Waals surface area contributed by atoms with Gasteiger partial charge >= 0.3 is 0 Å². The molecular formula is C19H26N4O2S. The first-order valence-corrected chi connectivity index (χ1v) is 10.6. The number of benzene rings is 1. The zero-order chi connectivity index (χ0) is 17.9. The number of hydrogen-bond donors (Lipinski definition) is 1. The number of thioether (sulfide) groups is 1. The number of hydrogen-bond acceptors (Lipinski definition) is 5. The van der Waals surface area contributed by atoms with E-state index in [1.807, 2.05) is 21.9 Å². The Hall–Kier alpha value is -1.57. The van der Waals surface area contributed by atoms with Crippen molar-refractivity contribution in [1.82, 2.24) is 15.1 Å². The highest BCUT2D eigenvalue weighted by atomic mass is 32.2. The summed E-state index contributed by atoms with van der Waals surface area (Å²) in [6, 6.07) is 8.19. The minimum absolute atomic E-state index is 0.0296. The van der Waals surface area contributed by atoms with Crippen LogP contribution in [0, 0.1) is 0 Å². The number of fused-ring (bicyclic) bond motifs is 1. The number of nitrogens with zero attached hydrogens (tertiary/aromatic N) is 3. The maximum absolute atomic E-state index is 12.8. The van der Waals surface area contributed by atoms with Crippen molar-refractivity contribution in [3.8, 4) is 0 Å². The highest BCUT2D eigenvalue weighted by Crippen LogP contribution is 2.26. The Morgan fingerprint density at radius 2 is 1.92 bits per heavy atom. The van der Waals surface area contributed by atoms with E-state index >= 15 is 0 Å². The van der Waals surface area contributed by atoms with Gasteiger partial charge in [0.25, 0.3) is 0 Å². The van der Waals surface area contributed by atoms with Crippen molar-refractivity contribution >= 4 is 29.3 Å². The predicted octanol–water partition coefficient (Wildman–Crippen LogP) is 0.773. The van der Waals surface area contributed by atoms with Gasteiger partial charge in [0.15, 0.2) is 0 Å². The molecule has 0 aromatic heterocycles. The SMILES string of the molecule is O=C(C1CSCN1)N1CCN(CC(=O)N2CCCc3ccccc32)CC1. The molecular weight excluding hydrogens is 348 g/mol. The van der Waals surface area contributed by atoms with Crippen LogP contribution in [0.1, 0.15) is 12.0 Å². The van der Waals surface area contributed by atoms with Crippen molar-refractivity contribution < 1.29 is 9.59 Å². The Kier molecular flexibility index (Phi) is 5.47. The summed E-state index contributed by atoms with van der Waals surface area (Å²) in [5.41, 5.74) is 2.34. The average Bonchev–Trinajstić information content (AvgIpc) is 3.22. The lowest BCUT2D eigenvalue weighted by Crippen LogP contribution is -2.55. The molecule has 1 aromatic rings. The number of carbonyl (C=O) groups excluding carboxylic acids is 2. The molecule has 0 radical (unpaired) electrons. The van der Waals surface area contributed by atoms with Crippen LogP contribution >= 0.6 is 11.8 Å². The molecule has 1 unspecified atom stereocenters. The number of rotatable bonds is 3. The maximum Gasteiger partial charge on any atom is 0.241 e. The third-order valence-corrected chi connectivity index (χ3v) is 6.41. The molecule has 0 spiro atoms. The van der Waals surface area contributed by atoms with E-state index in [0.717, 1.165) is 49.8 Å². The van der Waals surface area contributed by atoms with Crippen LogP contribution in [-0.4, -0.2) is 78.6 Å². The van der Waals surface area contributed by atoms with Crippen LogP contribution in [0.4, 0.5) is 5.69 Å². The lowest BCUT2D eigenvalue weighted by Gasteiger charge is -2.37. The zero-order valence-corrected chi connectivity index (χ0v) is 15.8. The smallest absolute Gasteiger partial charge is 0.241 e. The summed E-state index contributed by atoms with van der Waals surface area (Å²) in [4.78, 5) is 31.4. The van der Waals surface area contributed by atoms with E-state index in [9.17, 15) is 9.59 Å². The normalized spacial score (nSPS) is 23.8. The monoisotopic (exact) mass is 374 g/mol. The fraction of sp³-hybridized carbons (Fsp3) is 0.579. The van der Waals surface area contributed by atoms with Gasteiger partial charge in [-0.25, -0.2) is 0 Å². The molecule has 0 bridgehead atoms. The van der Waals surface area contributed by atoms with Gasteiger partial charge < -0.3 is 9.80 Å². The van der Waals surface area contributed by atoms with Crippen LogP contribution in [-0.2, 0) is 16.0 Å². The van der Waals surface area contributed by atoms with Gasteiger partial charge in [-0.2, -0.15) is 0 Å². The summed E-state index contributed by atoms with van der Waals surface area (Å²) < 4.78 is 0. The molecule has 3 aliphatic rings. The Balaban J connectivity index is 1.31. The van der Waals surface area contributed by atoms with Gasteiger partial charge in [-0.1, -0.05) is 18.2 Å². The summed E-state index contributed by atoms with van der Waals surface area (Å²) in [6.07, 6.45) is 2.08. The van der Waals surface area contributed by atoms with E-state index in [-0.39, 0.29) is 17.9 Å². The highest BCUT2D eigenvalue weighted by molar-refractivity contribution is 7.99. The quantitative estimate of drug-likeness (QED) is 0.847. The van der Waals surface area contributed by atoms with Crippen LogP contribution in [0.25, 0.3) is 0 Å². The topological polar surface area (TPSA) is 55.9 Å². The molecule has 0 aliphatic carbocycles. The van der Waals surface area contributed by atoms with E-state index in [0.29, 0.717) is 19.6 Å². The molecule has 2 amide bonds. The number of anilines is 1. The van der Waals surface area contributed by atoms with Gasteiger partial charge in [-0.05, 0) is 24.5 Å². The molecule has 7 heteroatoms. The second-order valence-electron chi connectivity index (χ2n) is 7.15. The standard InChI is InChI=1S/C19H26N4O2S/c24-18(23-7-3-5-15-4-1-2-6-17(15)23)12-21-8-10-22(11-9-21)19(25)16-13-26-14-20-16/h1-2,4,6,16,20H,3,5,7-14H2. The Bertz CT molecular complexity index is 669. The predicted molar refractivity (Wildman–Crippen MR) is 104 cm³/mol. The third-order valence-electron chi connectivity index (χ3n) is 5.47. The minimum Gasteiger partial charge on any atom is -0.339 e. The number of aryl methyl sites for hydroxylation is 1. The van der Waals surface area contributed by atoms with Crippen molar-refractivity contribution in [3.63, 3.8) is 0 Å². The fourth-order valence-corrected chi connectivity index (χ4v) is 4.90. The van der Waals surface area contributed by atoms with Gasteiger partial charge in [0, 0.05) is 50.0 Å². The molecule has 4 rings (SSSR count). The fourth-order valence-electron chi connectivity index (χ4n) is 3.97. The van der Waals surface area contributed by atoms with Crippen molar-refractivity contribution in [2.45, 2.75) is 18.9 Å². The Morgan fingerprint density at radius 3 is 2.69 bits per heavy atom.